The van der Waals surface area contributed by atoms with Gasteiger partial charge in [-0.1, -0.05) is 19.1 Å². The molecule has 0 saturated carbocycles. The quantitative estimate of drug-likeness (QED) is 0.528. The third-order valence-corrected chi connectivity index (χ3v) is 3.66. The number of guanidine groups is 1. The molecule has 28 heavy (non-hydrogen) atoms. The number of rotatable bonds is 8. The standard InChI is InChI=1S/C18H25F3N6O/c1-4-16-26-24-12-27(16)10-9-22-17(25-13(2)3)23-11-14-5-7-15(8-6-14)28-18(19,20)21/h5-8,12-13H,4,9-11H2,1-3H3,(H2,22,23,25). The highest BCUT2D eigenvalue weighted by Crippen LogP contribution is 2.22. The third-order valence-electron chi connectivity index (χ3n) is 3.66. The molecule has 0 spiro atoms. The molecule has 0 amide bonds. The average molecular weight is 398 g/mol. The minimum atomic E-state index is -4.69. The smallest absolute Gasteiger partial charge is 0.406 e. The number of aliphatic imine (C=N–C) groups is 1. The van der Waals surface area contributed by atoms with Crippen molar-refractivity contribution < 1.29 is 17.9 Å². The van der Waals surface area contributed by atoms with Crippen molar-refractivity contribution >= 4 is 5.96 Å². The molecule has 0 aliphatic rings. The zero-order chi connectivity index (χ0) is 20.6. The lowest BCUT2D eigenvalue weighted by Gasteiger charge is -2.16. The van der Waals surface area contributed by atoms with Gasteiger partial charge in [-0.25, -0.2) is 4.99 Å². The first-order valence-corrected chi connectivity index (χ1v) is 9.03. The number of ether oxygens (including phenoxy) is 1. The molecular formula is C18H25F3N6O. The van der Waals surface area contributed by atoms with E-state index in [9.17, 15) is 13.2 Å². The SMILES string of the molecule is CCc1nncn1CCNC(=NCc1ccc(OC(F)(F)F)cc1)NC(C)C. The van der Waals surface area contributed by atoms with Crippen LogP contribution < -0.4 is 15.4 Å². The number of nitrogens with zero attached hydrogens (tertiary/aromatic N) is 4. The second kappa shape index (κ2) is 9.95. The number of aromatic nitrogens is 3. The maximum Gasteiger partial charge on any atom is 0.573 e. The van der Waals surface area contributed by atoms with Gasteiger partial charge in [0.15, 0.2) is 5.96 Å². The van der Waals surface area contributed by atoms with E-state index in [0.29, 0.717) is 25.6 Å². The van der Waals surface area contributed by atoms with Gasteiger partial charge >= 0.3 is 6.36 Å². The first-order chi connectivity index (χ1) is 13.3. The first kappa shape index (κ1) is 21.5. The summed E-state index contributed by atoms with van der Waals surface area (Å²) in [6.45, 7) is 7.65. The van der Waals surface area contributed by atoms with E-state index in [4.69, 9.17) is 0 Å². The minimum absolute atomic E-state index is 0.176. The number of hydrogen-bond donors (Lipinski definition) is 2. The fraction of sp³-hybridized carbons (Fsp3) is 0.500. The number of benzene rings is 1. The highest BCUT2D eigenvalue weighted by Gasteiger charge is 2.30. The van der Waals surface area contributed by atoms with E-state index in [1.165, 1.54) is 12.1 Å². The molecular weight excluding hydrogens is 373 g/mol. The summed E-state index contributed by atoms with van der Waals surface area (Å²) in [6.07, 6.45) is -2.20. The molecule has 1 aromatic carbocycles. The van der Waals surface area contributed by atoms with Crippen LogP contribution in [0.2, 0.25) is 0 Å². The van der Waals surface area contributed by atoms with E-state index >= 15 is 0 Å². The number of nitrogens with one attached hydrogen (secondary N) is 2. The van der Waals surface area contributed by atoms with Crippen LogP contribution >= 0.6 is 0 Å². The Hall–Kier alpha value is -2.78. The predicted molar refractivity (Wildman–Crippen MR) is 99.9 cm³/mol. The molecule has 2 N–H and O–H groups in total. The van der Waals surface area contributed by atoms with Crippen molar-refractivity contribution in [3.63, 3.8) is 0 Å². The van der Waals surface area contributed by atoms with E-state index in [1.54, 1.807) is 18.5 Å². The molecule has 0 fully saturated rings. The Morgan fingerprint density at radius 1 is 1.25 bits per heavy atom. The van der Waals surface area contributed by atoms with Gasteiger partial charge in [0, 0.05) is 25.6 Å². The Morgan fingerprint density at radius 2 is 1.96 bits per heavy atom. The van der Waals surface area contributed by atoms with Gasteiger partial charge in [-0.05, 0) is 31.5 Å². The van der Waals surface area contributed by atoms with Crippen LogP contribution in [0.4, 0.5) is 13.2 Å². The molecule has 0 aliphatic carbocycles. The molecule has 0 atom stereocenters. The Labute approximate surface area is 162 Å². The number of aryl methyl sites for hydroxylation is 1. The van der Waals surface area contributed by atoms with Crippen LogP contribution in [0.1, 0.15) is 32.2 Å². The molecule has 0 aliphatic heterocycles. The Bertz CT molecular complexity index is 755. The van der Waals surface area contributed by atoms with Crippen LogP contribution in [-0.4, -0.2) is 39.7 Å². The zero-order valence-electron chi connectivity index (χ0n) is 16.1. The van der Waals surface area contributed by atoms with Crippen LogP contribution in [0.25, 0.3) is 0 Å². The highest BCUT2D eigenvalue weighted by molar-refractivity contribution is 5.80. The van der Waals surface area contributed by atoms with E-state index in [-0.39, 0.29) is 11.8 Å². The molecule has 2 rings (SSSR count). The lowest BCUT2D eigenvalue weighted by molar-refractivity contribution is -0.274. The summed E-state index contributed by atoms with van der Waals surface area (Å²) >= 11 is 0. The lowest BCUT2D eigenvalue weighted by Crippen LogP contribution is -2.42. The van der Waals surface area contributed by atoms with Crippen molar-refractivity contribution in [2.24, 2.45) is 4.99 Å². The molecule has 0 radical (unpaired) electrons. The molecule has 154 valence electrons. The second-order valence-electron chi connectivity index (χ2n) is 6.38. The van der Waals surface area contributed by atoms with Crippen molar-refractivity contribution in [3.8, 4) is 5.75 Å². The topological polar surface area (TPSA) is 76.4 Å². The Kier molecular flexibility index (Phi) is 7.65. The highest BCUT2D eigenvalue weighted by atomic mass is 19.4. The molecule has 0 bridgehead atoms. The van der Waals surface area contributed by atoms with Gasteiger partial charge in [0.2, 0.25) is 0 Å². The fourth-order valence-electron chi connectivity index (χ4n) is 2.43. The van der Waals surface area contributed by atoms with Gasteiger partial charge in [-0.3, -0.25) is 0 Å². The summed E-state index contributed by atoms with van der Waals surface area (Å²) in [5, 5.41) is 14.4. The van der Waals surface area contributed by atoms with E-state index in [2.05, 4.69) is 30.6 Å². The Morgan fingerprint density at radius 3 is 2.57 bits per heavy atom. The van der Waals surface area contributed by atoms with Crippen molar-refractivity contribution in [3.05, 3.63) is 42.0 Å². The van der Waals surface area contributed by atoms with E-state index < -0.39 is 6.36 Å². The van der Waals surface area contributed by atoms with Gasteiger partial charge in [-0.2, -0.15) is 0 Å². The van der Waals surface area contributed by atoms with Crippen LogP contribution in [0.5, 0.6) is 5.75 Å². The largest absolute Gasteiger partial charge is 0.573 e. The van der Waals surface area contributed by atoms with Crippen molar-refractivity contribution in [1.82, 2.24) is 25.4 Å². The van der Waals surface area contributed by atoms with Crippen molar-refractivity contribution in [2.45, 2.75) is 52.7 Å². The van der Waals surface area contributed by atoms with Gasteiger partial charge < -0.3 is 19.9 Å². The van der Waals surface area contributed by atoms with E-state index in [1.807, 2.05) is 25.3 Å². The molecule has 1 aromatic heterocycles. The lowest BCUT2D eigenvalue weighted by atomic mass is 10.2. The van der Waals surface area contributed by atoms with Crippen LogP contribution in [-0.2, 0) is 19.5 Å². The maximum atomic E-state index is 12.2. The third kappa shape index (κ3) is 7.45. The van der Waals surface area contributed by atoms with Gasteiger partial charge in [0.05, 0.1) is 6.54 Å². The monoisotopic (exact) mass is 398 g/mol. The zero-order valence-corrected chi connectivity index (χ0v) is 16.1. The summed E-state index contributed by atoms with van der Waals surface area (Å²) in [5.74, 6) is 1.29. The fourth-order valence-corrected chi connectivity index (χ4v) is 2.43. The van der Waals surface area contributed by atoms with Crippen LogP contribution in [0.3, 0.4) is 0 Å². The maximum absolute atomic E-state index is 12.2. The number of hydrogen-bond acceptors (Lipinski definition) is 4. The normalized spacial score (nSPS) is 12.3. The average Bonchev–Trinajstić information content (AvgIpc) is 3.06. The number of alkyl halides is 3. The summed E-state index contributed by atoms with van der Waals surface area (Å²) in [4.78, 5) is 4.49. The summed E-state index contributed by atoms with van der Waals surface area (Å²) < 4.78 is 42.5. The minimum Gasteiger partial charge on any atom is -0.406 e. The molecule has 10 heteroatoms. The molecule has 0 unspecified atom stereocenters. The summed E-state index contributed by atoms with van der Waals surface area (Å²) in [6, 6.07) is 5.85. The van der Waals surface area contributed by atoms with Gasteiger partial charge in [0.1, 0.15) is 17.9 Å². The van der Waals surface area contributed by atoms with E-state index in [0.717, 1.165) is 17.8 Å². The van der Waals surface area contributed by atoms with Crippen LogP contribution in [0.15, 0.2) is 35.6 Å². The molecule has 2 aromatic rings. The number of halogens is 3. The second-order valence-corrected chi connectivity index (χ2v) is 6.38. The van der Waals surface area contributed by atoms with Gasteiger partial charge in [-0.15, -0.1) is 23.4 Å². The Balaban J connectivity index is 1.93. The molecule has 7 nitrogen and oxygen atoms in total. The predicted octanol–water partition coefficient (Wildman–Crippen LogP) is 2.88. The van der Waals surface area contributed by atoms with Crippen molar-refractivity contribution in [1.29, 1.82) is 0 Å². The van der Waals surface area contributed by atoms with Crippen molar-refractivity contribution in [2.75, 3.05) is 6.54 Å². The summed E-state index contributed by atoms with van der Waals surface area (Å²) in [7, 11) is 0. The molecule has 1 heterocycles. The van der Waals surface area contributed by atoms with Crippen LogP contribution in [0, 0.1) is 0 Å². The summed E-state index contributed by atoms with van der Waals surface area (Å²) in [5.41, 5.74) is 0.770. The first-order valence-electron chi connectivity index (χ1n) is 9.03. The van der Waals surface area contributed by atoms with Gasteiger partial charge in [0.25, 0.3) is 0 Å². The molecule has 0 saturated heterocycles.